The molecule has 0 spiro atoms. The Labute approximate surface area is 105 Å². The van der Waals surface area contributed by atoms with Gasteiger partial charge in [0.15, 0.2) is 0 Å². The summed E-state index contributed by atoms with van der Waals surface area (Å²) in [6.45, 7) is 4.43. The summed E-state index contributed by atoms with van der Waals surface area (Å²) in [6, 6.07) is 2.99. The van der Waals surface area contributed by atoms with E-state index in [2.05, 4.69) is 10.3 Å². The number of nitro groups is 1. The zero-order valence-electron chi connectivity index (χ0n) is 10.3. The van der Waals surface area contributed by atoms with Gasteiger partial charge in [0.1, 0.15) is 23.6 Å². The van der Waals surface area contributed by atoms with Crippen molar-refractivity contribution in [3.05, 3.63) is 27.9 Å². The molecular formula is C11H15N5O2. The molecule has 1 heterocycles. The van der Waals surface area contributed by atoms with Crippen LogP contribution in [0.3, 0.4) is 0 Å². The quantitative estimate of drug-likeness (QED) is 0.599. The van der Waals surface area contributed by atoms with Gasteiger partial charge in [0, 0.05) is 18.7 Å². The highest BCUT2D eigenvalue weighted by molar-refractivity contribution is 5.55. The first-order valence-corrected chi connectivity index (χ1v) is 5.49. The van der Waals surface area contributed by atoms with Gasteiger partial charge in [-0.1, -0.05) is 13.8 Å². The van der Waals surface area contributed by atoms with Gasteiger partial charge in [-0.25, -0.2) is 4.98 Å². The summed E-state index contributed by atoms with van der Waals surface area (Å²) in [5, 5.41) is 22.4. The molecule has 1 aromatic rings. The molecule has 0 amide bonds. The highest BCUT2D eigenvalue weighted by atomic mass is 16.6. The zero-order chi connectivity index (χ0) is 13.7. The molecule has 0 aliphatic rings. The van der Waals surface area contributed by atoms with Crippen LogP contribution in [0.1, 0.15) is 19.4 Å². The summed E-state index contributed by atoms with van der Waals surface area (Å²) < 4.78 is 0. The SMILES string of the molecule is CC(C)C(N)CNc1ncc([N+](=O)[O-])cc1C#N. The van der Waals surface area contributed by atoms with Crippen molar-refractivity contribution in [2.24, 2.45) is 11.7 Å². The van der Waals surface area contributed by atoms with Gasteiger partial charge in [-0.3, -0.25) is 10.1 Å². The van der Waals surface area contributed by atoms with Crippen molar-refractivity contribution in [2.75, 3.05) is 11.9 Å². The van der Waals surface area contributed by atoms with Crippen molar-refractivity contribution in [1.29, 1.82) is 5.26 Å². The van der Waals surface area contributed by atoms with E-state index in [1.54, 1.807) is 0 Å². The Kier molecular flexibility index (Phi) is 4.57. The number of pyridine rings is 1. The topological polar surface area (TPSA) is 118 Å². The first-order valence-electron chi connectivity index (χ1n) is 5.49. The molecular weight excluding hydrogens is 234 g/mol. The zero-order valence-corrected chi connectivity index (χ0v) is 10.3. The largest absolute Gasteiger partial charge is 0.367 e. The van der Waals surface area contributed by atoms with Gasteiger partial charge < -0.3 is 11.1 Å². The lowest BCUT2D eigenvalue weighted by Gasteiger charge is -2.16. The smallest absolute Gasteiger partial charge is 0.289 e. The summed E-state index contributed by atoms with van der Waals surface area (Å²) in [4.78, 5) is 13.8. The van der Waals surface area contributed by atoms with Crippen LogP contribution in [0.5, 0.6) is 0 Å². The molecule has 0 radical (unpaired) electrons. The highest BCUT2D eigenvalue weighted by Gasteiger charge is 2.13. The first-order chi connectivity index (χ1) is 8.45. The molecule has 96 valence electrons. The van der Waals surface area contributed by atoms with Crippen molar-refractivity contribution >= 4 is 11.5 Å². The van der Waals surface area contributed by atoms with Crippen molar-refractivity contribution in [1.82, 2.24) is 4.98 Å². The number of hydrogen-bond donors (Lipinski definition) is 2. The molecule has 1 atom stereocenters. The van der Waals surface area contributed by atoms with Gasteiger partial charge in [0.05, 0.1) is 4.92 Å². The molecule has 0 aliphatic carbocycles. The first kappa shape index (κ1) is 13.9. The lowest BCUT2D eigenvalue weighted by Crippen LogP contribution is -2.34. The minimum atomic E-state index is -0.586. The van der Waals surface area contributed by atoms with Gasteiger partial charge in [-0.05, 0) is 5.92 Å². The number of hydrogen-bond acceptors (Lipinski definition) is 6. The number of nitrogens with two attached hydrogens (primary N) is 1. The highest BCUT2D eigenvalue weighted by Crippen LogP contribution is 2.18. The van der Waals surface area contributed by atoms with Crippen molar-refractivity contribution in [2.45, 2.75) is 19.9 Å². The van der Waals surface area contributed by atoms with E-state index in [0.29, 0.717) is 18.3 Å². The maximum Gasteiger partial charge on any atom is 0.289 e. The number of rotatable bonds is 5. The molecule has 1 rings (SSSR count). The number of nitrogens with zero attached hydrogens (tertiary/aromatic N) is 3. The maximum atomic E-state index is 10.6. The average molecular weight is 249 g/mol. The standard InChI is InChI=1S/C11H15N5O2/c1-7(2)10(13)6-15-11-8(4-12)3-9(5-14-11)16(17)18/h3,5,7,10H,6,13H2,1-2H3,(H,14,15). The number of nitriles is 1. The Morgan fingerprint density at radius 3 is 2.83 bits per heavy atom. The predicted molar refractivity (Wildman–Crippen MR) is 66.9 cm³/mol. The van der Waals surface area contributed by atoms with Crippen molar-refractivity contribution < 1.29 is 4.92 Å². The fourth-order valence-corrected chi connectivity index (χ4v) is 1.23. The molecule has 1 aromatic heterocycles. The molecule has 0 saturated heterocycles. The predicted octanol–water partition coefficient (Wildman–Crippen LogP) is 1.26. The molecule has 0 aliphatic heterocycles. The molecule has 7 nitrogen and oxygen atoms in total. The molecule has 7 heteroatoms. The van der Waals surface area contributed by atoms with E-state index in [1.807, 2.05) is 19.9 Å². The fourth-order valence-electron chi connectivity index (χ4n) is 1.23. The summed E-state index contributed by atoms with van der Waals surface area (Å²) >= 11 is 0. The molecule has 0 bridgehead atoms. The second-order valence-electron chi connectivity index (χ2n) is 4.25. The van der Waals surface area contributed by atoms with Crippen LogP contribution in [0.15, 0.2) is 12.3 Å². The van der Waals surface area contributed by atoms with Crippen LogP contribution >= 0.6 is 0 Å². The molecule has 0 fully saturated rings. The second-order valence-corrected chi connectivity index (χ2v) is 4.25. The summed E-state index contributed by atoms with van der Waals surface area (Å²) in [6.07, 6.45) is 1.12. The van der Waals surface area contributed by atoms with Crippen molar-refractivity contribution in [3.63, 3.8) is 0 Å². The van der Waals surface area contributed by atoms with E-state index in [4.69, 9.17) is 11.0 Å². The Balaban J connectivity index is 2.84. The third-order valence-corrected chi connectivity index (χ3v) is 2.57. The Morgan fingerprint density at radius 2 is 2.33 bits per heavy atom. The third kappa shape index (κ3) is 3.40. The van der Waals surface area contributed by atoms with Crippen LogP contribution in [0.2, 0.25) is 0 Å². The number of anilines is 1. The second kappa shape index (κ2) is 5.93. The van der Waals surface area contributed by atoms with Crippen molar-refractivity contribution in [3.8, 4) is 6.07 Å². The summed E-state index contributed by atoms with van der Waals surface area (Å²) in [5.41, 5.74) is 5.79. The van der Waals surface area contributed by atoms with Gasteiger partial charge >= 0.3 is 0 Å². The Morgan fingerprint density at radius 1 is 1.67 bits per heavy atom. The average Bonchev–Trinajstić information content (AvgIpc) is 2.35. The minimum Gasteiger partial charge on any atom is -0.367 e. The van der Waals surface area contributed by atoms with Crippen LogP contribution in [0.4, 0.5) is 11.5 Å². The van der Waals surface area contributed by atoms with Gasteiger partial charge in [-0.15, -0.1) is 0 Å². The lowest BCUT2D eigenvalue weighted by atomic mass is 10.1. The van der Waals surface area contributed by atoms with E-state index in [9.17, 15) is 10.1 Å². The number of aromatic nitrogens is 1. The molecule has 1 unspecified atom stereocenters. The summed E-state index contributed by atoms with van der Waals surface area (Å²) in [5.74, 6) is 0.611. The number of nitrogens with one attached hydrogen (secondary N) is 1. The van der Waals surface area contributed by atoms with E-state index in [1.165, 1.54) is 6.07 Å². The van der Waals surface area contributed by atoms with E-state index in [0.717, 1.165) is 6.20 Å². The lowest BCUT2D eigenvalue weighted by molar-refractivity contribution is -0.385. The molecule has 0 aromatic carbocycles. The minimum absolute atomic E-state index is 0.0754. The Bertz CT molecular complexity index is 481. The van der Waals surface area contributed by atoms with Gasteiger partial charge in [0.25, 0.3) is 5.69 Å². The van der Waals surface area contributed by atoms with Crippen LogP contribution in [0.25, 0.3) is 0 Å². The van der Waals surface area contributed by atoms with Gasteiger partial charge in [0.2, 0.25) is 0 Å². The maximum absolute atomic E-state index is 10.6. The molecule has 3 N–H and O–H groups in total. The molecule has 18 heavy (non-hydrogen) atoms. The Hall–Kier alpha value is -2.20. The van der Waals surface area contributed by atoms with Crippen LogP contribution < -0.4 is 11.1 Å². The van der Waals surface area contributed by atoms with E-state index < -0.39 is 4.92 Å². The van der Waals surface area contributed by atoms with Crippen LogP contribution in [-0.4, -0.2) is 22.5 Å². The normalized spacial score (nSPS) is 11.9. The fraction of sp³-hybridized carbons (Fsp3) is 0.455. The monoisotopic (exact) mass is 249 g/mol. The van der Waals surface area contributed by atoms with Crippen LogP contribution in [-0.2, 0) is 0 Å². The van der Waals surface area contributed by atoms with E-state index in [-0.39, 0.29) is 17.3 Å². The van der Waals surface area contributed by atoms with E-state index >= 15 is 0 Å². The molecule has 0 saturated carbocycles. The van der Waals surface area contributed by atoms with Gasteiger partial charge in [-0.2, -0.15) is 5.26 Å². The van der Waals surface area contributed by atoms with Crippen LogP contribution in [0, 0.1) is 27.4 Å². The summed E-state index contributed by atoms with van der Waals surface area (Å²) in [7, 11) is 0. The third-order valence-electron chi connectivity index (χ3n) is 2.57.